The predicted octanol–water partition coefficient (Wildman–Crippen LogP) is -3.70. The second-order valence-electron chi connectivity index (χ2n) is 2.74. The first-order valence-electron chi connectivity index (χ1n) is 3.74. The van der Waals surface area contributed by atoms with Crippen LogP contribution < -0.4 is 34.7 Å². The largest absolute Gasteiger partial charge is 1.00 e. The molecule has 1 aromatic heterocycles. The number of carbonyl (C=O) groups is 1. The molecule has 1 N–H and O–H groups in total. The maximum absolute atomic E-state index is 12.3. The number of aromatic carboxylic acids is 1. The molecule has 0 aliphatic carbocycles. The fourth-order valence-electron chi connectivity index (χ4n) is 1.20. The Bertz CT molecular complexity index is 402. The van der Waals surface area contributed by atoms with Gasteiger partial charge in [0.2, 0.25) is 0 Å². The van der Waals surface area contributed by atoms with E-state index in [0.29, 0.717) is 4.68 Å². The molecule has 16 heavy (non-hydrogen) atoms. The molecule has 0 saturated heterocycles. The van der Waals surface area contributed by atoms with Crippen molar-refractivity contribution in [1.82, 2.24) is 9.78 Å². The van der Waals surface area contributed by atoms with E-state index >= 15 is 0 Å². The number of carbonyl (C=O) groups excluding carboxylic acids is 1. The first-order valence-corrected chi connectivity index (χ1v) is 3.74. The first kappa shape index (κ1) is 15.4. The van der Waals surface area contributed by atoms with Crippen molar-refractivity contribution in [3.8, 4) is 0 Å². The van der Waals surface area contributed by atoms with Crippen LogP contribution in [0.4, 0.5) is 13.2 Å². The molecule has 0 aliphatic heterocycles. The van der Waals surface area contributed by atoms with Crippen LogP contribution in [-0.2, 0) is 19.8 Å². The van der Waals surface area contributed by atoms with Crippen LogP contribution in [-0.4, -0.2) is 20.9 Å². The quantitative estimate of drug-likeness (QED) is 0.545. The van der Waals surface area contributed by atoms with Gasteiger partial charge in [-0.25, -0.2) is 0 Å². The standard InChI is InChI=1S/C7H7F3N2O3.Na/c1-12-4(6(14)15)3(2-13)5(11-12)7(8,9)10;/h13H,2H2,1H3,(H,14,15);/q;+1/p-1. The molecular weight excluding hydrogens is 240 g/mol. The summed E-state index contributed by atoms with van der Waals surface area (Å²) >= 11 is 0. The van der Waals surface area contributed by atoms with Crippen LogP contribution in [0, 0.1) is 0 Å². The van der Waals surface area contributed by atoms with Crippen LogP contribution in [0.1, 0.15) is 21.7 Å². The van der Waals surface area contributed by atoms with E-state index in [-0.39, 0.29) is 29.6 Å². The second kappa shape index (κ2) is 5.17. The van der Waals surface area contributed by atoms with Crippen molar-refractivity contribution in [2.45, 2.75) is 12.8 Å². The zero-order valence-corrected chi connectivity index (χ0v) is 10.5. The summed E-state index contributed by atoms with van der Waals surface area (Å²) in [4.78, 5) is 10.5. The minimum absolute atomic E-state index is 0. The van der Waals surface area contributed by atoms with Crippen LogP contribution >= 0.6 is 0 Å². The van der Waals surface area contributed by atoms with E-state index in [1.54, 1.807) is 0 Å². The molecule has 0 aliphatic rings. The Labute approximate surface area is 110 Å². The van der Waals surface area contributed by atoms with Crippen molar-refractivity contribution in [3.63, 3.8) is 0 Å². The number of aliphatic hydroxyl groups excluding tert-OH is 1. The first-order chi connectivity index (χ1) is 6.79. The normalized spacial score (nSPS) is 11.1. The molecular formula is C7H6F3N2NaO3. The van der Waals surface area contributed by atoms with Gasteiger partial charge in [-0.1, -0.05) is 0 Å². The SMILES string of the molecule is Cn1nc(C(F)(F)F)c(CO)c1C(=O)[O-].[Na+]. The summed E-state index contributed by atoms with van der Waals surface area (Å²) in [5, 5.41) is 22.2. The zero-order valence-electron chi connectivity index (χ0n) is 8.50. The van der Waals surface area contributed by atoms with E-state index in [1.165, 1.54) is 0 Å². The number of carboxylic acid groups (broad SMARTS) is 1. The van der Waals surface area contributed by atoms with Crippen molar-refractivity contribution >= 4 is 5.97 Å². The maximum atomic E-state index is 12.3. The van der Waals surface area contributed by atoms with E-state index in [9.17, 15) is 23.1 Å². The predicted molar refractivity (Wildman–Crippen MR) is 38.5 cm³/mol. The van der Waals surface area contributed by atoms with E-state index < -0.39 is 35.7 Å². The molecule has 84 valence electrons. The third-order valence-corrected chi connectivity index (χ3v) is 1.77. The van der Waals surface area contributed by atoms with Gasteiger partial charge in [-0.05, 0) is 0 Å². The summed E-state index contributed by atoms with van der Waals surface area (Å²) in [5.41, 5.74) is -2.97. The molecule has 0 bridgehead atoms. The van der Waals surface area contributed by atoms with Gasteiger partial charge in [-0.15, -0.1) is 0 Å². The van der Waals surface area contributed by atoms with Gasteiger partial charge < -0.3 is 15.0 Å². The third-order valence-electron chi connectivity index (χ3n) is 1.77. The summed E-state index contributed by atoms with van der Waals surface area (Å²) < 4.78 is 37.4. The zero-order chi connectivity index (χ0) is 11.8. The maximum Gasteiger partial charge on any atom is 1.00 e. The van der Waals surface area contributed by atoms with Gasteiger partial charge in [0.05, 0.1) is 18.3 Å². The van der Waals surface area contributed by atoms with Gasteiger partial charge >= 0.3 is 35.7 Å². The average Bonchev–Trinajstić information content (AvgIpc) is 2.41. The average molecular weight is 246 g/mol. The third kappa shape index (κ3) is 2.76. The molecule has 0 radical (unpaired) electrons. The second-order valence-corrected chi connectivity index (χ2v) is 2.74. The summed E-state index contributed by atoms with van der Waals surface area (Å²) in [6.45, 7) is -1.06. The smallest absolute Gasteiger partial charge is 0.543 e. The number of hydrogen-bond acceptors (Lipinski definition) is 4. The molecule has 1 heterocycles. The Morgan fingerprint density at radius 1 is 1.56 bits per heavy atom. The van der Waals surface area contributed by atoms with Gasteiger partial charge in [0.25, 0.3) is 0 Å². The Morgan fingerprint density at radius 3 is 2.38 bits per heavy atom. The summed E-state index contributed by atoms with van der Waals surface area (Å²) in [6.07, 6.45) is -4.80. The van der Waals surface area contributed by atoms with E-state index in [1.807, 2.05) is 0 Å². The fourth-order valence-corrected chi connectivity index (χ4v) is 1.20. The van der Waals surface area contributed by atoms with Crippen LogP contribution in [0.5, 0.6) is 0 Å². The summed E-state index contributed by atoms with van der Waals surface area (Å²) in [7, 11) is 1.03. The topological polar surface area (TPSA) is 78.2 Å². The number of aryl methyl sites for hydroxylation is 1. The van der Waals surface area contributed by atoms with Crippen LogP contribution in [0.3, 0.4) is 0 Å². The molecule has 5 nitrogen and oxygen atoms in total. The van der Waals surface area contributed by atoms with Gasteiger partial charge in [0, 0.05) is 12.6 Å². The van der Waals surface area contributed by atoms with Crippen molar-refractivity contribution in [2.75, 3.05) is 0 Å². The van der Waals surface area contributed by atoms with Crippen molar-refractivity contribution in [3.05, 3.63) is 17.0 Å². The van der Waals surface area contributed by atoms with Crippen molar-refractivity contribution in [2.24, 2.45) is 7.05 Å². The van der Waals surface area contributed by atoms with Gasteiger partial charge in [0.15, 0.2) is 5.69 Å². The molecule has 0 saturated carbocycles. The molecule has 1 aromatic rings. The minimum atomic E-state index is -4.80. The molecule has 9 heteroatoms. The number of alkyl halides is 3. The summed E-state index contributed by atoms with van der Waals surface area (Å²) in [5.74, 6) is -1.82. The number of rotatable bonds is 2. The molecule has 0 atom stereocenters. The Balaban J connectivity index is 0.00000225. The monoisotopic (exact) mass is 246 g/mol. The number of halogens is 3. The van der Waals surface area contributed by atoms with Crippen LogP contribution in [0.2, 0.25) is 0 Å². The Hall–Kier alpha value is -0.570. The molecule has 0 amide bonds. The minimum Gasteiger partial charge on any atom is -0.543 e. The number of hydrogen-bond donors (Lipinski definition) is 1. The molecule has 0 fully saturated rings. The number of carboxylic acids is 1. The van der Waals surface area contributed by atoms with Gasteiger partial charge in [0.1, 0.15) is 0 Å². The Kier molecular flexibility index (Phi) is 4.99. The number of aromatic nitrogens is 2. The summed E-state index contributed by atoms with van der Waals surface area (Å²) in [6, 6.07) is 0. The van der Waals surface area contributed by atoms with E-state index in [0.717, 1.165) is 7.05 Å². The van der Waals surface area contributed by atoms with Crippen LogP contribution in [0.25, 0.3) is 0 Å². The molecule has 1 rings (SSSR count). The van der Waals surface area contributed by atoms with Gasteiger partial charge in [-0.3, -0.25) is 4.68 Å². The molecule has 0 unspecified atom stereocenters. The fraction of sp³-hybridized carbons (Fsp3) is 0.429. The van der Waals surface area contributed by atoms with E-state index in [2.05, 4.69) is 5.10 Å². The van der Waals surface area contributed by atoms with Crippen LogP contribution in [0.15, 0.2) is 0 Å². The molecule has 0 aromatic carbocycles. The number of nitrogens with zero attached hydrogens (tertiary/aromatic N) is 2. The van der Waals surface area contributed by atoms with Crippen molar-refractivity contribution in [1.29, 1.82) is 0 Å². The van der Waals surface area contributed by atoms with E-state index in [4.69, 9.17) is 5.11 Å². The van der Waals surface area contributed by atoms with Crippen molar-refractivity contribution < 1.29 is 57.7 Å². The van der Waals surface area contributed by atoms with Gasteiger partial charge in [-0.2, -0.15) is 18.3 Å². The Morgan fingerprint density at radius 2 is 2.06 bits per heavy atom. The molecule has 0 spiro atoms. The number of aliphatic hydroxyl groups is 1.